The van der Waals surface area contributed by atoms with E-state index in [9.17, 15) is 4.79 Å². The van der Waals surface area contributed by atoms with Gasteiger partial charge in [-0.2, -0.15) is 0 Å². The number of amides is 1. The van der Waals surface area contributed by atoms with E-state index in [-0.39, 0.29) is 18.3 Å². The summed E-state index contributed by atoms with van der Waals surface area (Å²) in [6, 6.07) is 11.6. The number of aromatic nitrogens is 3. The lowest BCUT2D eigenvalue weighted by Gasteiger charge is -2.09. The van der Waals surface area contributed by atoms with E-state index in [2.05, 4.69) is 29.0 Å². The molecule has 3 rings (SSSR count). The number of furan rings is 1. The van der Waals surface area contributed by atoms with Crippen LogP contribution in [0.3, 0.4) is 0 Å². The van der Waals surface area contributed by atoms with Crippen molar-refractivity contribution in [3.8, 4) is 5.75 Å². The normalized spacial score (nSPS) is 10.7. The Balaban J connectivity index is 1.55. The SMILES string of the molecule is C=CCn1c(COc2ccc(CC)cc2)nnc1SCC(=O)NCc1ccco1. The van der Waals surface area contributed by atoms with Crippen LogP contribution in [0.4, 0.5) is 0 Å². The number of carbonyl (C=O) groups excluding carboxylic acids is 1. The zero-order valence-electron chi connectivity index (χ0n) is 16.3. The van der Waals surface area contributed by atoms with Gasteiger partial charge in [-0.1, -0.05) is 36.9 Å². The summed E-state index contributed by atoms with van der Waals surface area (Å²) < 4.78 is 12.9. The van der Waals surface area contributed by atoms with E-state index < -0.39 is 0 Å². The molecule has 0 spiro atoms. The first-order valence-corrected chi connectivity index (χ1v) is 10.3. The van der Waals surface area contributed by atoms with E-state index in [0.717, 1.165) is 12.2 Å². The number of thioether (sulfide) groups is 1. The van der Waals surface area contributed by atoms with Gasteiger partial charge in [0.15, 0.2) is 11.0 Å². The van der Waals surface area contributed by atoms with Crippen LogP contribution >= 0.6 is 11.8 Å². The molecule has 0 atom stereocenters. The van der Waals surface area contributed by atoms with Crippen LogP contribution in [0.1, 0.15) is 24.1 Å². The van der Waals surface area contributed by atoms with Crippen LogP contribution in [0.5, 0.6) is 5.75 Å². The molecule has 8 heteroatoms. The van der Waals surface area contributed by atoms with E-state index in [1.807, 2.05) is 34.9 Å². The third-order valence-electron chi connectivity index (χ3n) is 4.18. The highest BCUT2D eigenvalue weighted by atomic mass is 32.2. The number of nitrogens with one attached hydrogen (secondary N) is 1. The van der Waals surface area contributed by atoms with E-state index in [4.69, 9.17) is 9.15 Å². The van der Waals surface area contributed by atoms with Gasteiger partial charge in [-0.25, -0.2) is 0 Å². The van der Waals surface area contributed by atoms with Crippen LogP contribution in [0.15, 0.2) is 64.9 Å². The topological polar surface area (TPSA) is 82.2 Å². The lowest BCUT2D eigenvalue weighted by atomic mass is 10.2. The minimum Gasteiger partial charge on any atom is -0.486 e. The fourth-order valence-corrected chi connectivity index (χ4v) is 3.39. The number of hydrogen-bond acceptors (Lipinski definition) is 6. The van der Waals surface area contributed by atoms with E-state index in [0.29, 0.717) is 29.8 Å². The minimum absolute atomic E-state index is 0.103. The Morgan fingerprint density at radius 3 is 2.83 bits per heavy atom. The van der Waals surface area contributed by atoms with Crippen molar-refractivity contribution < 1.29 is 13.9 Å². The summed E-state index contributed by atoms with van der Waals surface area (Å²) >= 11 is 1.32. The third-order valence-corrected chi connectivity index (χ3v) is 5.14. The van der Waals surface area contributed by atoms with Gasteiger partial charge in [-0.05, 0) is 36.2 Å². The second-order valence-corrected chi connectivity index (χ2v) is 7.17. The largest absolute Gasteiger partial charge is 0.486 e. The van der Waals surface area contributed by atoms with Crippen molar-refractivity contribution >= 4 is 17.7 Å². The molecule has 0 bridgehead atoms. The average molecular weight is 413 g/mol. The van der Waals surface area contributed by atoms with Gasteiger partial charge in [0.25, 0.3) is 0 Å². The van der Waals surface area contributed by atoms with Crippen molar-refractivity contribution in [2.45, 2.75) is 38.2 Å². The molecule has 0 aliphatic carbocycles. The Bertz CT molecular complexity index is 920. The molecule has 0 radical (unpaired) electrons. The third kappa shape index (κ3) is 5.99. The average Bonchev–Trinajstić information content (AvgIpc) is 3.40. The van der Waals surface area contributed by atoms with E-state index >= 15 is 0 Å². The second kappa shape index (κ2) is 10.5. The first-order valence-electron chi connectivity index (χ1n) is 9.36. The number of nitrogens with zero attached hydrogens (tertiary/aromatic N) is 3. The number of allylic oxidation sites excluding steroid dienone is 1. The van der Waals surface area contributed by atoms with Gasteiger partial charge in [0.05, 0.1) is 18.6 Å². The summed E-state index contributed by atoms with van der Waals surface area (Å²) in [6.07, 6.45) is 4.34. The molecule has 29 heavy (non-hydrogen) atoms. The minimum atomic E-state index is -0.103. The Morgan fingerprint density at radius 2 is 2.14 bits per heavy atom. The van der Waals surface area contributed by atoms with Crippen molar-refractivity contribution in [3.05, 3.63) is 72.5 Å². The number of benzene rings is 1. The summed E-state index contributed by atoms with van der Waals surface area (Å²) in [7, 11) is 0. The monoisotopic (exact) mass is 412 g/mol. The fraction of sp³-hybridized carbons (Fsp3) is 0.286. The predicted octanol–water partition coefficient (Wildman–Crippen LogP) is 3.61. The second-order valence-electron chi connectivity index (χ2n) is 6.23. The molecule has 0 aliphatic heterocycles. The number of hydrogen-bond donors (Lipinski definition) is 1. The molecule has 1 aromatic carbocycles. The maximum absolute atomic E-state index is 12.1. The molecule has 0 saturated carbocycles. The smallest absolute Gasteiger partial charge is 0.230 e. The molecule has 1 amide bonds. The van der Waals surface area contributed by atoms with E-state index in [1.54, 1.807) is 18.4 Å². The van der Waals surface area contributed by atoms with E-state index in [1.165, 1.54) is 17.3 Å². The van der Waals surface area contributed by atoms with Gasteiger partial charge in [0.2, 0.25) is 5.91 Å². The quantitative estimate of drug-likeness (QED) is 0.383. The van der Waals surface area contributed by atoms with Crippen molar-refractivity contribution in [2.75, 3.05) is 5.75 Å². The van der Waals surface area contributed by atoms with Crippen LogP contribution in [0.2, 0.25) is 0 Å². The molecule has 0 unspecified atom stereocenters. The zero-order valence-corrected chi connectivity index (χ0v) is 17.2. The summed E-state index contributed by atoms with van der Waals surface area (Å²) in [4.78, 5) is 12.1. The van der Waals surface area contributed by atoms with Crippen LogP contribution in [-0.4, -0.2) is 26.4 Å². The van der Waals surface area contributed by atoms with Crippen LogP contribution in [0.25, 0.3) is 0 Å². The number of aryl methyl sites for hydroxylation is 1. The maximum Gasteiger partial charge on any atom is 0.230 e. The van der Waals surface area contributed by atoms with Gasteiger partial charge < -0.3 is 14.5 Å². The highest BCUT2D eigenvalue weighted by Crippen LogP contribution is 2.19. The Kier molecular flexibility index (Phi) is 7.52. The predicted molar refractivity (Wildman–Crippen MR) is 112 cm³/mol. The molecule has 0 aliphatic rings. The van der Waals surface area contributed by atoms with Gasteiger partial charge in [-0.3, -0.25) is 9.36 Å². The molecular formula is C21H24N4O3S. The summed E-state index contributed by atoms with van der Waals surface area (Å²) in [5.41, 5.74) is 1.26. The van der Waals surface area contributed by atoms with Crippen LogP contribution in [0, 0.1) is 0 Å². The standard InChI is InChI=1S/C21H24N4O3S/c1-3-11-25-19(14-28-17-9-7-16(4-2)8-10-17)23-24-21(25)29-15-20(26)22-13-18-6-5-12-27-18/h3,5-10,12H,1,4,11,13-15H2,2H3,(H,22,26). The van der Waals surface area contributed by atoms with Crippen molar-refractivity contribution in [2.24, 2.45) is 0 Å². The van der Waals surface area contributed by atoms with Crippen molar-refractivity contribution in [1.29, 1.82) is 0 Å². The number of ether oxygens (including phenoxy) is 1. The first-order chi connectivity index (χ1) is 14.2. The van der Waals surface area contributed by atoms with Gasteiger partial charge >= 0.3 is 0 Å². The summed E-state index contributed by atoms with van der Waals surface area (Å²) in [6.45, 7) is 7.10. The summed E-state index contributed by atoms with van der Waals surface area (Å²) in [5.74, 6) is 2.30. The van der Waals surface area contributed by atoms with Crippen molar-refractivity contribution in [1.82, 2.24) is 20.1 Å². The summed E-state index contributed by atoms with van der Waals surface area (Å²) in [5, 5.41) is 11.9. The highest BCUT2D eigenvalue weighted by Gasteiger charge is 2.14. The Hall–Kier alpha value is -3.00. The highest BCUT2D eigenvalue weighted by molar-refractivity contribution is 7.99. The number of carbonyl (C=O) groups is 1. The maximum atomic E-state index is 12.1. The van der Waals surface area contributed by atoms with Gasteiger partial charge in [0.1, 0.15) is 18.1 Å². The molecule has 2 heterocycles. The number of rotatable bonds is 11. The molecule has 152 valence electrons. The lowest BCUT2D eigenvalue weighted by molar-refractivity contribution is -0.118. The van der Waals surface area contributed by atoms with Crippen molar-refractivity contribution in [3.63, 3.8) is 0 Å². The van der Waals surface area contributed by atoms with Gasteiger partial charge in [0, 0.05) is 6.54 Å². The Labute approximate surface area is 174 Å². The molecule has 2 aromatic heterocycles. The Morgan fingerprint density at radius 1 is 1.31 bits per heavy atom. The fourth-order valence-electron chi connectivity index (χ4n) is 2.59. The molecule has 3 aromatic rings. The molecule has 7 nitrogen and oxygen atoms in total. The van der Waals surface area contributed by atoms with Crippen LogP contribution in [-0.2, 0) is 30.9 Å². The first kappa shape index (κ1) is 20.7. The molecule has 0 fully saturated rings. The van der Waals surface area contributed by atoms with Crippen LogP contribution < -0.4 is 10.1 Å². The lowest BCUT2D eigenvalue weighted by Crippen LogP contribution is -2.24. The molecule has 0 saturated heterocycles. The molecule has 1 N–H and O–H groups in total. The van der Waals surface area contributed by atoms with Gasteiger partial charge in [-0.15, -0.1) is 16.8 Å². The zero-order chi connectivity index (χ0) is 20.5. The molecular weight excluding hydrogens is 388 g/mol.